The van der Waals surface area contributed by atoms with E-state index in [2.05, 4.69) is 82.6 Å². The Bertz CT molecular complexity index is 1050. The molecular weight excluding hydrogens is 489 g/mol. The number of unbranched alkanes of at least 4 members (excludes halogenated alkanes) is 4. The third kappa shape index (κ3) is 20.8. The zero-order valence-electron chi connectivity index (χ0n) is 27.4. The van der Waals surface area contributed by atoms with E-state index in [-0.39, 0.29) is 5.82 Å². The lowest BCUT2D eigenvalue weighted by molar-refractivity contribution is 0.625. The molecule has 0 saturated heterocycles. The molecule has 0 bridgehead atoms. The molecule has 222 valence electrons. The van der Waals surface area contributed by atoms with Crippen LogP contribution in [0.4, 0.5) is 10.1 Å². The van der Waals surface area contributed by atoms with E-state index in [0.29, 0.717) is 0 Å². The summed E-state index contributed by atoms with van der Waals surface area (Å²) in [7, 11) is 0. The summed E-state index contributed by atoms with van der Waals surface area (Å²) >= 11 is 0. The Hall–Kier alpha value is -3.13. The molecule has 2 aromatic rings. The zero-order chi connectivity index (χ0) is 30.9. The highest BCUT2D eigenvalue weighted by molar-refractivity contribution is 5.50. The average Bonchev–Trinajstić information content (AvgIpc) is 2.93. The second-order valence-corrected chi connectivity index (χ2v) is 9.91. The van der Waals surface area contributed by atoms with Crippen molar-refractivity contribution in [2.24, 2.45) is 0 Å². The second kappa shape index (κ2) is 24.9. The first kappa shape index (κ1) is 39.0. The SMILES string of the molecule is C=C(C)\C=C/C(=C/C=C(\C)Nc1ccc(C)cc1)C(=C)C.CC.CCCCCCC.CCc1cc(F)ccc1C. The minimum Gasteiger partial charge on any atom is -0.359 e. The first-order valence-corrected chi connectivity index (χ1v) is 15.0. The van der Waals surface area contributed by atoms with Crippen molar-refractivity contribution < 1.29 is 4.39 Å². The fourth-order valence-corrected chi connectivity index (χ4v) is 3.39. The number of anilines is 1. The van der Waals surface area contributed by atoms with Crippen molar-refractivity contribution in [3.8, 4) is 0 Å². The van der Waals surface area contributed by atoms with E-state index in [1.54, 1.807) is 6.07 Å². The number of hydrogen-bond acceptors (Lipinski definition) is 1. The average molecular weight is 548 g/mol. The molecule has 1 N–H and O–H groups in total. The number of hydrogen-bond donors (Lipinski definition) is 1. The first-order valence-electron chi connectivity index (χ1n) is 15.0. The van der Waals surface area contributed by atoms with E-state index in [4.69, 9.17) is 0 Å². The number of allylic oxidation sites excluding steroid dienone is 8. The van der Waals surface area contributed by atoms with Gasteiger partial charge in [0.05, 0.1) is 0 Å². The van der Waals surface area contributed by atoms with E-state index in [0.717, 1.165) is 40.1 Å². The van der Waals surface area contributed by atoms with Gasteiger partial charge in [0.2, 0.25) is 0 Å². The van der Waals surface area contributed by atoms with E-state index in [1.165, 1.54) is 49.3 Å². The van der Waals surface area contributed by atoms with Crippen molar-refractivity contribution >= 4 is 5.69 Å². The monoisotopic (exact) mass is 547 g/mol. The molecule has 0 saturated carbocycles. The standard InChI is InChI=1S/C20H25N.C9H11F.C7H16.C2H6/c1-15(2)7-11-19(16(3)4)12-10-18(6)21-20-13-8-17(5)9-14-20;1-3-8-6-9(10)5-4-7(8)2;1-3-5-7-6-4-2;1-2/h7-14,21H,1,3H2,2,4-6H3;4-6H,3H2,1-2H3;3-7H2,1-2H3;1-2H3/b11-7-,18-10+,19-12-;;;. The van der Waals surface area contributed by atoms with Crippen LogP contribution in [0, 0.1) is 19.7 Å². The van der Waals surface area contributed by atoms with Gasteiger partial charge in [-0.05, 0) is 88.1 Å². The number of aryl methyl sites for hydroxylation is 3. The van der Waals surface area contributed by atoms with Crippen LogP contribution in [0.15, 0.2) is 102 Å². The third-order valence-corrected chi connectivity index (χ3v) is 5.85. The highest BCUT2D eigenvalue weighted by Gasteiger charge is 1.96. The summed E-state index contributed by atoms with van der Waals surface area (Å²) in [6.07, 6.45) is 16.1. The van der Waals surface area contributed by atoms with Gasteiger partial charge in [0.1, 0.15) is 5.82 Å². The van der Waals surface area contributed by atoms with Crippen molar-refractivity contribution in [1.82, 2.24) is 0 Å². The minimum atomic E-state index is -0.137. The molecule has 0 radical (unpaired) electrons. The van der Waals surface area contributed by atoms with E-state index in [9.17, 15) is 4.39 Å². The lowest BCUT2D eigenvalue weighted by atomic mass is 10.1. The van der Waals surface area contributed by atoms with Crippen LogP contribution in [0.2, 0.25) is 0 Å². The number of benzene rings is 2. The maximum absolute atomic E-state index is 12.5. The molecule has 0 heterocycles. The molecule has 0 aliphatic heterocycles. The molecule has 0 fully saturated rings. The molecule has 0 amide bonds. The summed E-state index contributed by atoms with van der Waals surface area (Å²) in [6, 6.07) is 13.3. The van der Waals surface area contributed by atoms with Gasteiger partial charge < -0.3 is 5.32 Å². The normalized spacial score (nSPS) is 10.9. The Morgan fingerprint density at radius 3 is 1.82 bits per heavy atom. The van der Waals surface area contributed by atoms with Crippen molar-refractivity contribution in [2.75, 3.05) is 5.32 Å². The van der Waals surface area contributed by atoms with Crippen LogP contribution in [-0.2, 0) is 6.42 Å². The van der Waals surface area contributed by atoms with Gasteiger partial charge in [-0.2, -0.15) is 0 Å². The smallest absolute Gasteiger partial charge is 0.123 e. The van der Waals surface area contributed by atoms with Gasteiger partial charge in [0, 0.05) is 11.4 Å². The summed E-state index contributed by atoms with van der Waals surface area (Å²) < 4.78 is 12.5. The summed E-state index contributed by atoms with van der Waals surface area (Å²) in [5, 5.41) is 3.37. The first-order chi connectivity index (χ1) is 19.0. The predicted octanol–water partition coefficient (Wildman–Crippen LogP) is 12.6. The fourth-order valence-electron chi connectivity index (χ4n) is 3.39. The van der Waals surface area contributed by atoms with Crippen LogP contribution >= 0.6 is 0 Å². The number of rotatable bonds is 11. The van der Waals surface area contributed by atoms with Crippen LogP contribution in [0.25, 0.3) is 0 Å². The van der Waals surface area contributed by atoms with Gasteiger partial charge in [-0.25, -0.2) is 4.39 Å². The zero-order valence-corrected chi connectivity index (χ0v) is 27.4. The van der Waals surface area contributed by atoms with E-state index >= 15 is 0 Å². The summed E-state index contributed by atoms with van der Waals surface area (Å²) in [4.78, 5) is 0. The Labute approximate surface area is 247 Å². The maximum Gasteiger partial charge on any atom is 0.123 e. The summed E-state index contributed by atoms with van der Waals surface area (Å²) in [5.41, 5.74) is 8.87. The fraction of sp³-hybridized carbons (Fsp3) is 0.421. The van der Waals surface area contributed by atoms with Gasteiger partial charge in [-0.15, -0.1) is 0 Å². The molecule has 2 aromatic carbocycles. The Kier molecular flexibility index (Phi) is 24.3. The Balaban J connectivity index is 0. The van der Waals surface area contributed by atoms with Gasteiger partial charge >= 0.3 is 0 Å². The molecule has 40 heavy (non-hydrogen) atoms. The van der Waals surface area contributed by atoms with E-state index in [1.807, 2.05) is 59.8 Å². The van der Waals surface area contributed by atoms with Crippen LogP contribution in [-0.4, -0.2) is 0 Å². The molecule has 0 spiro atoms. The molecule has 2 rings (SSSR count). The molecular formula is C38H58FN. The number of halogens is 1. The van der Waals surface area contributed by atoms with Crippen LogP contribution < -0.4 is 5.32 Å². The lowest BCUT2D eigenvalue weighted by Gasteiger charge is -2.06. The lowest BCUT2D eigenvalue weighted by Crippen LogP contribution is -1.94. The predicted molar refractivity (Wildman–Crippen MR) is 182 cm³/mol. The van der Waals surface area contributed by atoms with Crippen LogP contribution in [0.1, 0.15) is 104 Å². The second-order valence-electron chi connectivity index (χ2n) is 9.91. The third-order valence-electron chi connectivity index (χ3n) is 5.85. The largest absolute Gasteiger partial charge is 0.359 e. The highest BCUT2D eigenvalue weighted by atomic mass is 19.1. The molecule has 0 aliphatic rings. The molecule has 2 heteroatoms. The molecule has 0 unspecified atom stereocenters. The Morgan fingerprint density at radius 2 is 1.38 bits per heavy atom. The van der Waals surface area contributed by atoms with Gasteiger partial charge in [-0.1, -0.05) is 133 Å². The van der Waals surface area contributed by atoms with Crippen molar-refractivity contribution in [2.45, 2.75) is 108 Å². The minimum absolute atomic E-state index is 0.137. The van der Waals surface area contributed by atoms with Gasteiger partial charge in [0.25, 0.3) is 0 Å². The van der Waals surface area contributed by atoms with Crippen LogP contribution in [0.5, 0.6) is 0 Å². The van der Waals surface area contributed by atoms with Crippen molar-refractivity contribution in [1.29, 1.82) is 0 Å². The summed E-state index contributed by atoms with van der Waals surface area (Å²) in [5.74, 6) is -0.137. The summed E-state index contributed by atoms with van der Waals surface area (Å²) in [6.45, 7) is 28.5. The van der Waals surface area contributed by atoms with Gasteiger partial charge in [-0.3, -0.25) is 0 Å². The Morgan fingerprint density at radius 1 is 0.800 bits per heavy atom. The van der Waals surface area contributed by atoms with Crippen LogP contribution in [0.3, 0.4) is 0 Å². The van der Waals surface area contributed by atoms with E-state index < -0.39 is 0 Å². The highest BCUT2D eigenvalue weighted by Crippen LogP contribution is 2.14. The van der Waals surface area contributed by atoms with Crippen molar-refractivity contribution in [3.05, 3.63) is 125 Å². The molecule has 0 atom stereocenters. The number of nitrogens with one attached hydrogen (secondary N) is 1. The molecule has 0 aromatic heterocycles. The molecule has 1 nitrogen and oxygen atoms in total. The topological polar surface area (TPSA) is 12.0 Å². The molecule has 0 aliphatic carbocycles. The maximum atomic E-state index is 12.5. The quantitative estimate of drug-likeness (QED) is 0.218. The van der Waals surface area contributed by atoms with Crippen molar-refractivity contribution in [3.63, 3.8) is 0 Å². The van der Waals surface area contributed by atoms with Gasteiger partial charge in [0.15, 0.2) is 0 Å².